The third-order valence-electron chi connectivity index (χ3n) is 5.21. The molecule has 4 nitrogen and oxygen atoms in total. The molecule has 1 N–H and O–H groups in total. The highest BCUT2D eigenvalue weighted by atomic mass is 35.5. The van der Waals surface area contributed by atoms with Crippen molar-refractivity contribution in [1.29, 1.82) is 0 Å². The summed E-state index contributed by atoms with van der Waals surface area (Å²) in [6, 6.07) is 7.96. The lowest BCUT2D eigenvalue weighted by Crippen LogP contribution is -2.45. The fraction of sp³-hybridized carbons (Fsp3) is 0.611. The zero-order valence-electron chi connectivity index (χ0n) is 13.8. The number of benzene rings is 1. The van der Waals surface area contributed by atoms with Gasteiger partial charge in [0.15, 0.2) is 6.61 Å². The van der Waals surface area contributed by atoms with Gasteiger partial charge >= 0.3 is 0 Å². The van der Waals surface area contributed by atoms with E-state index in [1.54, 1.807) is 0 Å². The minimum atomic E-state index is 0. The standard InChI is InChI=1S/C18H26N2O2.ClH/c1-2-15-5-3-4-6-16(15)22-13-17(21)20-11-8-18(9-12-20)7-10-19-14-18;/h3-6,19H,2,7-14H2,1H3;1H. The lowest BCUT2D eigenvalue weighted by atomic mass is 9.78. The quantitative estimate of drug-likeness (QED) is 0.917. The molecule has 5 heteroatoms. The molecule has 0 unspecified atom stereocenters. The van der Waals surface area contributed by atoms with Crippen LogP contribution >= 0.6 is 12.4 Å². The van der Waals surface area contributed by atoms with Crippen LogP contribution in [0.5, 0.6) is 5.75 Å². The Morgan fingerprint density at radius 1 is 1.26 bits per heavy atom. The first kappa shape index (κ1) is 18.1. The van der Waals surface area contributed by atoms with Gasteiger partial charge in [-0.2, -0.15) is 0 Å². The van der Waals surface area contributed by atoms with Crippen LogP contribution in [0.1, 0.15) is 31.7 Å². The number of nitrogens with zero attached hydrogens (tertiary/aromatic N) is 1. The maximum absolute atomic E-state index is 12.4. The largest absolute Gasteiger partial charge is 0.483 e. The van der Waals surface area contributed by atoms with Crippen LogP contribution in [-0.2, 0) is 11.2 Å². The van der Waals surface area contributed by atoms with Crippen molar-refractivity contribution >= 4 is 18.3 Å². The Bertz CT molecular complexity index is 520. The predicted molar refractivity (Wildman–Crippen MR) is 94.3 cm³/mol. The number of aryl methyl sites for hydroxylation is 1. The monoisotopic (exact) mass is 338 g/mol. The fourth-order valence-corrected chi connectivity index (χ4v) is 3.62. The molecule has 0 saturated carbocycles. The van der Waals surface area contributed by atoms with Gasteiger partial charge in [-0.1, -0.05) is 25.1 Å². The third-order valence-corrected chi connectivity index (χ3v) is 5.21. The van der Waals surface area contributed by atoms with E-state index in [0.29, 0.717) is 5.41 Å². The summed E-state index contributed by atoms with van der Waals surface area (Å²) >= 11 is 0. The van der Waals surface area contributed by atoms with Crippen molar-refractivity contribution in [3.63, 3.8) is 0 Å². The Labute approximate surface area is 145 Å². The summed E-state index contributed by atoms with van der Waals surface area (Å²) in [5, 5.41) is 3.46. The van der Waals surface area contributed by atoms with E-state index in [2.05, 4.69) is 18.3 Å². The molecule has 128 valence electrons. The van der Waals surface area contributed by atoms with E-state index in [0.717, 1.165) is 56.8 Å². The highest BCUT2D eigenvalue weighted by Crippen LogP contribution is 2.36. The Morgan fingerprint density at radius 2 is 2.00 bits per heavy atom. The van der Waals surface area contributed by atoms with Crippen molar-refractivity contribution in [2.24, 2.45) is 5.41 Å². The number of amides is 1. The molecule has 1 aromatic rings. The predicted octanol–water partition coefficient (Wildman–Crippen LogP) is 2.65. The van der Waals surface area contributed by atoms with Gasteiger partial charge in [0.05, 0.1) is 0 Å². The molecule has 2 aliphatic rings. The van der Waals surface area contributed by atoms with Crippen molar-refractivity contribution in [2.45, 2.75) is 32.6 Å². The number of rotatable bonds is 4. The van der Waals surface area contributed by atoms with E-state index in [-0.39, 0.29) is 24.9 Å². The number of piperidine rings is 1. The molecule has 2 aliphatic heterocycles. The van der Waals surface area contributed by atoms with E-state index >= 15 is 0 Å². The summed E-state index contributed by atoms with van der Waals surface area (Å²) in [6.07, 6.45) is 4.42. The van der Waals surface area contributed by atoms with Crippen molar-refractivity contribution in [3.05, 3.63) is 29.8 Å². The summed E-state index contributed by atoms with van der Waals surface area (Å²) < 4.78 is 5.76. The van der Waals surface area contributed by atoms with Crippen molar-refractivity contribution in [2.75, 3.05) is 32.8 Å². The first-order valence-electron chi connectivity index (χ1n) is 8.42. The molecule has 0 atom stereocenters. The lowest BCUT2D eigenvalue weighted by molar-refractivity contribution is -0.135. The lowest BCUT2D eigenvalue weighted by Gasteiger charge is -2.38. The fourth-order valence-electron chi connectivity index (χ4n) is 3.62. The van der Waals surface area contributed by atoms with Crippen LogP contribution in [0.3, 0.4) is 0 Å². The number of likely N-dealkylation sites (tertiary alicyclic amines) is 1. The zero-order valence-corrected chi connectivity index (χ0v) is 14.7. The number of ether oxygens (including phenoxy) is 1. The number of carbonyl (C=O) groups excluding carboxylic acids is 1. The second kappa shape index (κ2) is 8.02. The summed E-state index contributed by atoms with van der Waals surface area (Å²) in [7, 11) is 0. The Morgan fingerprint density at radius 3 is 2.65 bits per heavy atom. The number of para-hydroxylation sites is 1. The molecule has 0 radical (unpaired) electrons. The molecule has 23 heavy (non-hydrogen) atoms. The van der Waals surface area contributed by atoms with Gasteiger partial charge in [-0.25, -0.2) is 0 Å². The first-order chi connectivity index (χ1) is 10.7. The molecular formula is C18H27ClN2O2. The van der Waals surface area contributed by atoms with Gasteiger partial charge < -0.3 is 15.0 Å². The van der Waals surface area contributed by atoms with Crippen LogP contribution in [0.25, 0.3) is 0 Å². The second-order valence-electron chi connectivity index (χ2n) is 6.56. The molecule has 1 aromatic carbocycles. The van der Waals surface area contributed by atoms with E-state index in [9.17, 15) is 4.79 Å². The molecular weight excluding hydrogens is 312 g/mol. The van der Waals surface area contributed by atoms with Gasteiger partial charge in [-0.3, -0.25) is 4.79 Å². The van der Waals surface area contributed by atoms with Crippen LogP contribution in [0, 0.1) is 5.41 Å². The summed E-state index contributed by atoms with van der Waals surface area (Å²) in [5.41, 5.74) is 1.61. The van der Waals surface area contributed by atoms with Crippen molar-refractivity contribution < 1.29 is 9.53 Å². The summed E-state index contributed by atoms with van der Waals surface area (Å²) in [5.74, 6) is 0.957. The number of hydrogen-bond acceptors (Lipinski definition) is 3. The van der Waals surface area contributed by atoms with Crippen molar-refractivity contribution in [3.8, 4) is 5.75 Å². The van der Waals surface area contributed by atoms with Gasteiger partial charge in [0.25, 0.3) is 5.91 Å². The topological polar surface area (TPSA) is 41.6 Å². The van der Waals surface area contributed by atoms with E-state index in [4.69, 9.17) is 4.74 Å². The average molecular weight is 339 g/mol. The van der Waals surface area contributed by atoms with Gasteiger partial charge in [-0.15, -0.1) is 12.4 Å². The third kappa shape index (κ3) is 4.18. The van der Waals surface area contributed by atoms with E-state index in [1.165, 1.54) is 6.42 Å². The maximum atomic E-state index is 12.4. The molecule has 2 heterocycles. The normalized spacial score (nSPS) is 19.4. The first-order valence-corrected chi connectivity index (χ1v) is 8.42. The van der Waals surface area contributed by atoms with Crippen molar-refractivity contribution in [1.82, 2.24) is 10.2 Å². The van der Waals surface area contributed by atoms with Crippen LogP contribution in [0.4, 0.5) is 0 Å². The number of halogens is 1. The average Bonchev–Trinajstić information content (AvgIpc) is 3.01. The minimum Gasteiger partial charge on any atom is -0.483 e. The maximum Gasteiger partial charge on any atom is 0.260 e. The zero-order chi connectivity index (χ0) is 15.4. The molecule has 0 bridgehead atoms. The molecule has 0 aliphatic carbocycles. The smallest absolute Gasteiger partial charge is 0.260 e. The number of carbonyl (C=O) groups is 1. The number of hydrogen-bond donors (Lipinski definition) is 1. The van der Waals surface area contributed by atoms with Crippen LogP contribution in [0.15, 0.2) is 24.3 Å². The van der Waals surface area contributed by atoms with Gasteiger partial charge in [0.1, 0.15) is 5.75 Å². The molecule has 3 rings (SSSR count). The second-order valence-corrected chi connectivity index (χ2v) is 6.56. The Hall–Kier alpha value is -1.26. The van der Waals surface area contributed by atoms with Crippen LogP contribution in [0.2, 0.25) is 0 Å². The summed E-state index contributed by atoms with van der Waals surface area (Å²) in [6.45, 7) is 6.25. The van der Waals surface area contributed by atoms with Crippen LogP contribution in [-0.4, -0.2) is 43.6 Å². The van der Waals surface area contributed by atoms with Gasteiger partial charge in [-0.05, 0) is 49.3 Å². The molecule has 2 saturated heterocycles. The summed E-state index contributed by atoms with van der Waals surface area (Å²) in [4.78, 5) is 14.3. The van der Waals surface area contributed by atoms with E-state index in [1.807, 2.05) is 23.1 Å². The molecule has 1 spiro atoms. The van der Waals surface area contributed by atoms with Gasteiger partial charge in [0, 0.05) is 19.6 Å². The number of nitrogens with one attached hydrogen (secondary N) is 1. The Kier molecular flexibility index (Phi) is 6.31. The highest BCUT2D eigenvalue weighted by molar-refractivity contribution is 5.85. The SMILES string of the molecule is CCc1ccccc1OCC(=O)N1CCC2(CCNC2)CC1.Cl. The molecule has 1 amide bonds. The molecule has 0 aromatic heterocycles. The minimum absolute atomic E-state index is 0. The highest BCUT2D eigenvalue weighted by Gasteiger charge is 2.37. The van der Waals surface area contributed by atoms with Crippen LogP contribution < -0.4 is 10.1 Å². The van der Waals surface area contributed by atoms with E-state index < -0.39 is 0 Å². The Balaban J connectivity index is 0.00000192. The molecule has 2 fully saturated rings. The van der Waals surface area contributed by atoms with Gasteiger partial charge in [0.2, 0.25) is 0 Å².